The third kappa shape index (κ3) is 3.11. The summed E-state index contributed by atoms with van der Waals surface area (Å²) in [6.07, 6.45) is 1.68. The van der Waals surface area contributed by atoms with Gasteiger partial charge in [0.1, 0.15) is 4.99 Å². The average molecular weight is 300 g/mol. The fourth-order valence-electron chi connectivity index (χ4n) is 1.91. The molecule has 104 valence electrons. The third-order valence-corrected chi connectivity index (χ3v) is 5.18. The van der Waals surface area contributed by atoms with E-state index in [0.717, 1.165) is 12.8 Å². The van der Waals surface area contributed by atoms with Gasteiger partial charge in [-0.25, -0.2) is 8.42 Å². The molecule has 1 fully saturated rings. The van der Waals surface area contributed by atoms with Crippen LogP contribution in [0.5, 0.6) is 0 Å². The maximum atomic E-state index is 12.5. The van der Waals surface area contributed by atoms with Gasteiger partial charge in [0.05, 0.1) is 11.5 Å². The Bertz CT molecular complexity index is 582. The molecular weight excluding hydrogens is 284 g/mol. The van der Waals surface area contributed by atoms with E-state index in [0.29, 0.717) is 5.56 Å². The molecule has 0 aliphatic heterocycles. The monoisotopic (exact) mass is 300 g/mol. The third-order valence-electron chi connectivity index (χ3n) is 3.00. The second kappa shape index (κ2) is 5.54. The predicted molar refractivity (Wildman–Crippen MR) is 76.3 cm³/mol. The minimum atomic E-state index is -3.60. The molecule has 19 heavy (non-hydrogen) atoms. The summed E-state index contributed by atoms with van der Waals surface area (Å²) in [6, 6.07) is 6.29. The Balaban J connectivity index is 2.37. The molecule has 7 heteroatoms. The first kappa shape index (κ1) is 14.4. The van der Waals surface area contributed by atoms with E-state index in [9.17, 15) is 8.42 Å². The molecule has 1 aliphatic carbocycles. The first-order chi connectivity index (χ1) is 8.96. The van der Waals surface area contributed by atoms with E-state index in [2.05, 4.69) is 0 Å². The first-order valence-corrected chi connectivity index (χ1v) is 7.84. The molecule has 3 N–H and O–H groups in total. The molecule has 0 aromatic heterocycles. The molecule has 0 spiro atoms. The maximum Gasteiger partial charge on any atom is 0.243 e. The Kier molecular flexibility index (Phi) is 4.19. The number of aliphatic hydroxyl groups excluding tert-OH is 1. The molecule has 1 aliphatic rings. The zero-order valence-corrected chi connectivity index (χ0v) is 12.0. The Morgan fingerprint density at radius 3 is 2.68 bits per heavy atom. The predicted octanol–water partition coefficient (Wildman–Crippen LogP) is 0.466. The highest BCUT2D eigenvalue weighted by Crippen LogP contribution is 2.31. The van der Waals surface area contributed by atoms with Gasteiger partial charge in [0.25, 0.3) is 0 Å². The van der Waals surface area contributed by atoms with Crippen LogP contribution in [0.25, 0.3) is 0 Å². The SMILES string of the molecule is NC(=S)c1cccc(S(=O)(=O)N(CCO)C2CC2)c1. The van der Waals surface area contributed by atoms with E-state index in [4.69, 9.17) is 23.1 Å². The Hall–Kier alpha value is -1.02. The summed E-state index contributed by atoms with van der Waals surface area (Å²) in [5.41, 5.74) is 6.04. The van der Waals surface area contributed by atoms with Gasteiger partial charge in [-0.15, -0.1) is 0 Å². The van der Waals surface area contributed by atoms with Gasteiger partial charge in [-0.05, 0) is 25.0 Å². The number of aliphatic hydroxyl groups is 1. The largest absolute Gasteiger partial charge is 0.395 e. The number of benzene rings is 1. The Labute approximate surface area is 118 Å². The smallest absolute Gasteiger partial charge is 0.243 e. The molecular formula is C12H16N2O3S2. The molecule has 2 rings (SSSR count). The minimum Gasteiger partial charge on any atom is -0.395 e. The summed E-state index contributed by atoms with van der Waals surface area (Å²) < 4.78 is 26.4. The first-order valence-electron chi connectivity index (χ1n) is 5.99. The van der Waals surface area contributed by atoms with Crippen molar-refractivity contribution in [1.82, 2.24) is 4.31 Å². The normalized spacial score (nSPS) is 15.7. The van der Waals surface area contributed by atoms with Crippen molar-refractivity contribution in [3.05, 3.63) is 29.8 Å². The zero-order valence-electron chi connectivity index (χ0n) is 10.3. The molecule has 1 aromatic carbocycles. The van der Waals surface area contributed by atoms with Crippen molar-refractivity contribution in [3.8, 4) is 0 Å². The van der Waals surface area contributed by atoms with Crippen LogP contribution in [-0.4, -0.2) is 42.0 Å². The summed E-state index contributed by atoms with van der Waals surface area (Å²) in [6.45, 7) is -0.0744. The fraction of sp³-hybridized carbons (Fsp3) is 0.417. The summed E-state index contributed by atoms with van der Waals surface area (Å²) in [5, 5.41) is 9.02. The molecule has 0 bridgehead atoms. The maximum absolute atomic E-state index is 12.5. The Morgan fingerprint density at radius 2 is 2.16 bits per heavy atom. The van der Waals surface area contributed by atoms with Gasteiger partial charge in [0, 0.05) is 18.2 Å². The molecule has 0 radical (unpaired) electrons. The number of thiocarbonyl (C=S) groups is 1. The fourth-order valence-corrected chi connectivity index (χ4v) is 3.75. The van der Waals surface area contributed by atoms with Crippen molar-refractivity contribution in [2.45, 2.75) is 23.8 Å². The van der Waals surface area contributed by atoms with Crippen LogP contribution in [0.15, 0.2) is 29.2 Å². The van der Waals surface area contributed by atoms with Crippen molar-refractivity contribution >= 4 is 27.2 Å². The molecule has 5 nitrogen and oxygen atoms in total. The van der Waals surface area contributed by atoms with Crippen LogP contribution in [0.1, 0.15) is 18.4 Å². The van der Waals surface area contributed by atoms with E-state index in [1.807, 2.05) is 0 Å². The van der Waals surface area contributed by atoms with Crippen molar-refractivity contribution in [3.63, 3.8) is 0 Å². The standard InChI is InChI=1S/C12H16N2O3S2/c13-12(18)9-2-1-3-11(8-9)19(16,17)14(6-7-15)10-4-5-10/h1-3,8,10,15H,4-7H2,(H2,13,18). The topological polar surface area (TPSA) is 83.6 Å². The Morgan fingerprint density at radius 1 is 1.47 bits per heavy atom. The quantitative estimate of drug-likeness (QED) is 0.746. The van der Waals surface area contributed by atoms with Crippen LogP contribution in [0, 0.1) is 0 Å². The van der Waals surface area contributed by atoms with E-state index < -0.39 is 10.0 Å². The number of nitrogens with zero attached hydrogens (tertiary/aromatic N) is 1. The number of hydrogen-bond acceptors (Lipinski definition) is 4. The zero-order chi connectivity index (χ0) is 14.0. The number of nitrogens with two attached hydrogens (primary N) is 1. The molecule has 1 aromatic rings. The lowest BCUT2D eigenvalue weighted by atomic mass is 10.2. The molecule has 0 saturated heterocycles. The van der Waals surface area contributed by atoms with Gasteiger partial charge in [0.2, 0.25) is 10.0 Å². The van der Waals surface area contributed by atoms with Gasteiger partial charge < -0.3 is 10.8 Å². The van der Waals surface area contributed by atoms with Crippen molar-refractivity contribution in [2.75, 3.05) is 13.2 Å². The van der Waals surface area contributed by atoms with Crippen LogP contribution in [-0.2, 0) is 10.0 Å². The van der Waals surface area contributed by atoms with Gasteiger partial charge in [-0.1, -0.05) is 24.4 Å². The van der Waals surface area contributed by atoms with E-state index in [1.54, 1.807) is 12.1 Å². The van der Waals surface area contributed by atoms with Crippen molar-refractivity contribution in [2.24, 2.45) is 5.73 Å². The lowest BCUT2D eigenvalue weighted by Gasteiger charge is -2.21. The average Bonchev–Trinajstić information content (AvgIpc) is 3.20. The van der Waals surface area contributed by atoms with Gasteiger partial charge in [0.15, 0.2) is 0 Å². The summed E-state index contributed by atoms with van der Waals surface area (Å²) >= 11 is 4.85. The second-order valence-electron chi connectivity index (χ2n) is 4.46. The van der Waals surface area contributed by atoms with Gasteiger partial charge in [-0.2, -0.15) is 4.31 Å². The van der Waals surface area contributed by atoms with Crippen molar-refractivity contribution in [1.29, 1.82) is 0 Å². The molecule has 0 amide bonds. The lowest BCUT2D eigenvalue weighted by molar-refractivity contribution is 0.250. The second-order valence-corrected chi connectivity index (χ2v) is 6.79. The van der Waals surface area contributed by atoms with Crippen LogP contribution in [0.3, 0.4) is 0 Å². The van der Waals surface area contributed by atoms with Crippen LogP contribution in [0.4, 0.5) is 0 Å². The minimum absolute atomic E-state index is 0.00522. The summed E-state index contributed by atoms with van der Waals surface area (Å²) in [7, 11) is -3.60. The van der Waals surface area contributed by atoms with Crippen LogP contribution in [0.2, 0.25) is 0 Å². The van der Waals surface area contributed by atoms with E-state index >= 15 is 0 Å². The highest BCUT2D eigenvalue weighted by Gasteiger charge is 2.37. The molecule has 0 atom stereocenters. The highest BCUT2D eigenvalue weighted by atomic mass is 32.2. The molecule has 0 unspecified atom stereocenters. The van der Waals surface area contributed by atoms with Crippen LogP contribution < -0.4 is 5.73 Å². The molecule has 1 saturated carbocycles. The number of hydrogen-bond donors (Lipinski definition) is 2. The van der Waals surface area contributed by atoms with Crippen LogP contribution >= 0.6 is 12.2 Å². The summed E-state index contributed by atoms with van der Waals surface area (Å²) in [5.74, 6) is 0. The van der Waals surface area contributed by atoms with Crippen molar-refractivity contribution < 1.29 is 13.5 Å². The number of rotatable bonds is 6. The van der Waals surface area contributed by atoms with Gasteiger partial charge in [-0.3, -0.25) is 0 Å². The van der Waals surface area contributed by atoms with E-state index in [-0.39, 0.29) is 29.1 Å². The summed E-state index contributed by atoms with van der Waals surface area (Å²) in [4.78, 5) is 0.329. The van der Waals surface area contributed by atoms with E-state index in [1.165, 1.54) is 16.4 Å². The lowest BCUT2D eigenvalue weighted by Crippen LogP contribution is -2.35. The molecule has 0 heterocycles. The highest BCUT2D eigenvalue weighted by molar-refractivity contribution is 7.89. The number of sulfonamides is 1. The van der Waals surface area contributed by atoms with Gasteiger partial charge >= 0.3 is 0 Å².